The van der Waals surface area contributed by atoms with E-state index < -0.39 is 18.2 Å². The summed E-state index contributed by atoms with van der Waals surface area (Å²) in [5, 5.41) is 2.76. The van der Waals surface area contributed by atoms with Crippen molar-refractivity contribution in [3.63, 3.8) is 0 Å². The van der Waals surface area contributed by atoms with Crippen LogP contribution in [-0.4, -0.2) is 52.6 Å². The van der Waals surface area contributed by atoms with E-state index in [0.29, 0.717) is 13.0 Å². The molecule has 1 unspecified atom stereocenters. The van der Waals surface area contributed by atoms with Crippen LogP contribution in [0.25, 0.3) is 11.1 Å². The zero-order chi connectivity index (χ0) is 24.8. The van der Waals surface area contributed by atoms with Crippen LogP contribution in [0.4, 0.5) is 4.79 Å². The van der Waals surface area contributed by atoms with Crippen LogP contribution in [0.5, 0.6) is 0 Å². The quantitative estimate of drug-likeness (QED) is 0.600. The molecule has 3 aromatic carbocycles. The Labute approximate surface area is 209 Å². The van der Waals surface area contributed by atoms with Crippen LogP contribution >= 0.6 is 0 Å². The molecule has 2 saturated heterocycles. The topological polar surface area (TPSA) is 79.0 Å². The van der Waals surface area contributed by atoms with E-state index in [9.17, 15) is 14.4 Å². The van der Waals surface area contributed by atoms with Gasteiger partial charge in [0.25, 0.3) is 0 Å². The molecule has 2 aliphatic heterocycles. The number of nitrogens with zero attached hydrogens (tertiary/aromatic N) is 2. The Morgan fingerprint density at radius 1 is 0.889 bits per heavy atom. The summed E-state index contributed by atoms with van der Waals surface area (Å²) in [6, 6.07) is 24.7. The molecule has 7 heteroatoms. The Bertz CT molecular complexity index is 1300. The molecule has 3 amide bonds. The molecule has 0 bridgehead atoms. The number of alkyl carbamates (subject to hydrolysis) is 1. The average Bonchev–Trinajstić information content (AvgIpc) is 3.47. The van der Waals surface area contributed by atoms with E-state index >= 15 is 0 Å². The van der Waals surface area contributed by atoms with Crippen LogP contribution < -0.4 is 5.32 Å². The van der Waals surface area contributed by atoms with Gasteiger partial charge in [0.2, 0.25) is 11.8 Å². The van der Waals surface area contributed by atoms with Crippen molar-refractivity contribution in [3.8, 4) is 11.1 Å². The fourth-order valence-electron chi connectivity index (χ4n) is 5.85. The zero-order valence-electron chi connectivity index (χ0n) is 20.0. The normalized spacial score (nSPS) is 22.4. The van der Waals surface area contributed by atoms with Crippen LogP contribution in [0.2, 0.25) is 0 Å². The van der Waals surface area contributed by atoms with Crippen molar-refractivity contribution in [1.82, 2.24) is 15.1 Å². The predicted molar refractivity (Wildman–Crippen MR) is 134 cm³/mol. The maximum absolute atomic E-state index is 13.1. The molecular formula is C29H27N3O4. The SMILES string of the molecule is C[C@H]1C(=O)N(Cc2ccccc2)C2C[C@H](NC(=O)OCC3c4ccccc4-c4ccccc43)C(=O)N21. The highest BCUT2D eigenvalue weighted by Crippen LogP contribution is 2.44. The van der Waals surface area contributed by atoms with Gasteiger partial charge in [-0.3, -0.25) is 9.59 Å². The van der Waals surface area contributed by atoms with E-state index in [2.05, 4.69) is 29.6 Å². The third-order valence-corrected chi connectivity index (χ3v) is 7.57. The Morgan fingerprint density at radius 2 is 1.50 bits per heavy atom. The van der Waals surface area contributed by atoms with Crippen LogP contribution in [0.15, 0.2) is 78.9 Å². The third kappa shape index (κ3) is 3.63. The minimum atomic E-state index is -0.723. The summed E-state index contributed by atoms with van der Waals surface area (Å²) in [6.45, 7) is 2.35. The first-order chi connectivity index (χ1) is 17.5. The largest absolute Gasteiger partial charge is 0.449 e. The molecule has 3 atom stereocenters. The molecule has 0 aromatic heterocycles. The van der Waals surface area contributed by atoms with E-state index in [0.717, 1.165) is 27.8 Å². The maximum Gasteiger partial charge on any atom is 0.407 e. The summed E-state index contributed by atoms with van der Waals surface area (Å²) in [4.78, 5) is 42.1. The van der Waals surface area contributed by atoms with Gasteiger partial charge in [-0.1, -0.05) is 78.9 Å². The molecule has 0 radical (unpaired) electrons. The highest BCUT2D eigenvalue weighted by molar-refractivity contribution is 5.96. The lowest BCUT2D eigenvalue weighted by Crippen LogP contribution is -2.44. The Balaban J connectivity index is 1.12. The van der Waals surface area contributed by atoms with Crippen LogP contribution in [0.3, 0.4) is 0 Å². The predicted octanol–water partition coefficient (Wildman–Crippen LogP) is 3.88. The van der Waals surface area contributed by atoms with Gasteiger partial charge in [0, 0.05) is 18.9 Å². The molecule has 182 valence electrons. The smallest absolute Gasteiger partial charge is 0.407 e. The standard InChI is InChI=1S/C29H27N3O4/c1-18-27(33)31(16-19-9-3-2-4-10-19)26-15-25(28(34)32(18)26)30-29(35)36-17-24-22-13-7-5-11-20(22)21-12-6-8-14-23(21)24/h2-14,18,24-26H,15-17H2,1H3,(H,30,35)/t18-,25-,26?/m0/s1. The van der Waals surface area contributed by atoms with Gasteiger partial charge >= 0.3 is 6.09 Å². The van der Waals surface area contributed by atoms with Crippen molar-refractivity contribution >= 4 is 17.9 Å². The van der Waals surface area contributed by atoms with E-state index in [1.807, 2.05) is 54.6 Å². The number of carbonyl (C=O) groups excluding carboxylic acids is 3. The maximum atomic E-state index is 13.1. The molecule has 36 heavy (non-hydrogen) atoms. The molecule has 0 saturated carbocycles. The van der Waals surface area contributed by atoms with E-state index in [1.54, 1.807) is 16.7 Å². The summed E-state index contributed by atoms with van der Waals surface area (Å²) in [7, 11) is 0. The van der Waals surface area contributed by atoms with Gasteiger partial charge < -0.3 is 19.9 Å². The van der Waals surface area contributed by atoms with E-state index in [1.165, 1.54) is 0 Å². The number of amides is 3. The van der Waals surface area contributed by atoms with Gasteiger partial charge in [-0.05, 0) is 34.7 Å². The number of benzene rings is 3. The first-order valence-electron chi connectivity index (χ1n) is 12.3. The molecule has 0 spiro atoms. The van der Waals surface area contributed by atoms with Gasteiger partial charge in [0.05, 0.1) is 0 Å². The van der Waals surface area contributed by atoms with Crippen molar-refractivity contribution < 1.29 is 19.1 Å². The number of rotatable bonds is 5. The summed E-state index contributed by atoms with van der Waals surface area (Å²) in [5.74, 6) is -0.369. The minimum Gasteiger partial charge on any atom is -0.449 e. The van der Waals surface area contributed by atoms with E-state index in [4.69, 9.17) is 4.74 Å². The molecule has 3 aliphatic rings. The zero-order valence-corrected chi connectivity index (χ0v) is 20.0. The lowest BCUT2D eigenvalue weighted by Gasteiger charge is -2.24. The second kappa shape index (κ2) is 8.82. The van der Waals surface area contributed by atoms with Crippen LogP contribution in [0.1, 0.15) is 36.0 Å². The van der Waals surface area contributed by atoms with Crippen molar-refractivity contribution in [2.45, 2.75) is 44.1 Å². The van der Waals surface area contributed by atoms with Crippen molar-refractivity contribution in [2.24, 2.45) is 0 Å². The molecule has 3 aromatic rings. The Morgan fingerprint density at radius 3 is 2.17 bits per heavy atom. The summed E-state index contributed by atoms with van der Waals surface area (Å²) in [6.07, 6.45) is -0.657. The van der Waals surface area contributed by atoms with Gasteiger partial charge in [-0.25, -0.2) is 4.79 Å². The first kappa shape index (κ1) is 22.3. The highest BCUT2D eigenvalue weighted by atomic mass is 16.5. The second-order valence-electron chi connectivity index (χ2n) is 9.61. The minimum absolute atomic E-state index is 0.0513. The summed E-state index contributed by atoms with van der Waals surface area (Å²) < 4.78 is 5.64. The fourth-order valence-corrected chi connectivity index (χ4v) is 5.85. The van der Waals surface area contributed by atoms with Gasteiger partial charge in [0.15, 0.2) is 0 Å². The molecule has 2 fully saturated rings. The van der Waals surface area contributed by atoms with Crippen molar-refractivity contribution in [2.75, 3.05) is 6.61 Å². The van der Waals surface area contributed by atoms with Crippen molar-refractivity contribution in [1.29, 1.82) is 0 Å². The van der Waals surface area contributed by atoms with E-state index in [-0.39, 0.29) is 30.5 Å². The molecular weight excluding hydrogens is 454 g/mol. The third-order valence-electron chi connectivity index (χ3n) is 7.57. The number of ether oxygens (including phenoxy) is 1. The number of hydrogen-bond donors (Lipinski definition) is 1. The molecule has 2 heterocycles. The molecule has 7 nitrogen and oxygen atoms in total. The number of fused-ring (bicyclic) bond motifs is 4. The Kier molecular flexibility index (Phi) is 5.48. The van der Waals surface area contributed by atoms with Crippen LogP contribution in [0, 0.1) is 0 Å². The lowest BCUT2D eigenvalue weighted by molar-refractivity contribution is -0.134. The fraction of sp³-hybridized carbons (Fsp3) is 0.276. The summed E-state index contributed by atoms with van der Waals surface area (Å²) >= 11 is 0. The molecule has 1 aliphatic carbocycles. The summed E-state index contributed by atoms with van der Waals surface area (Å²) in [5.41, 5.74) is 5.58. The average molecular weight is 482 g/mol. The van der Waals surface area contributed by atoms with Crippen molar-refractivity contribution in [3.05, 3.63) is 95.6 Å². The second-order valence-corrected chi connectivity index (χ2v) is 9.61. The monoisotopic (exact) mass is 481 g/mol. The van der Waals surface area contributed by atoms with Crippen LogP contribution in [-0.2, 0) is 20.9 Å². The first-order valence-corrected chi connectivity index (χ1v) is 12.3. The number of nitrogens with one attached hydrogen (secondary N) is 1. The highest BCUT2D eigenvalue weighted by Gasteiger charge is 2.53. The van der Waals surface area contributed by atoms with Gasteiger partial charge in [0.1, 0.15) is 24.9 Å². The molecule has 6 rings (SSSR count). The molecule has 1 N–H and O–H groups in total. The Hall–Kier alpha value is -4.13. The number of hydrogen-bond acceptors (Lipinski definition) is 4. The van der Waals surface area contributed by atoms with Gasteiger partial charge in [-0.15, -0.1) is 0 Å². The van der Waals surface area contributed by atoms with Gasteiger partial charge in [-0.2, -0.15) is 0 Å². The lowest BCUT2D eigenvalue weighted by atomic mass is 9.98. The number of carbonyl (C=O) groups is 3.